The van der Waals surface area contributed by atoms with Crippen LogP contribution in [-0.2, 0) is 0 Å². The van der Waals surface area contributed by atoms with Crippen LogP contribution in [0.1, 0.15) is 10.4 Å². The van der Waals surface area contributed by atoms with E-state index < -0.39 is 0 Å². The van der Waals surface area contributed by atoms with Crippen molar-refractivity contribution in [1.29, 1.82) is 0 Å². The van der Waals surface area contributed by atoms with Gasteiger partial charge in [-0.1, -0.05) is 29.8 Å². The fourth-order valence-electron chi connectivity index (χ4n) is 1.52. The summed E-state index contributed by atoms with van der Waals surface area (Å²) >= 11 is 7.60. The van der Waals surface area contributed by atoms with Crippen LogP contribution in [0.4, 0.5) is 5.69 Å². The van der Waals surface area contributed by atoms with Crippen molar-refractivity contribution in [3.8, 4) is 0 Å². The van der Waals surface area contributed by atoms with Gasteiger partial charge in [0.15, 0.2) is 0 Å². The van der Waals surface area contributed by atoms with E-state index in [-0.39, 0.29) is 5.91 Å². The second-order valence-electron chi connectivity index (χ2n) is 3.79. The number of hydrazine groups is 1. The summed E-state index contributed by atoms with van der Waals surface area (Å²) in [4.78, 5) is 13.0. The molecule has 0 heterocycles. The van der Waals surface area contributed by atoms with Gasteiger partial charge in [-0.3, -0.25) is 15.6 Å². The Morgan fingerprint density at radius 2 is 1.89 bits per heavy atom. The molecule has 3 nitrogen and oxygen atoms in total. The van der Waals surface area contributed by atoms with Gasteiger partial charge < -0.3 is 0 Å². The lowest BCUT2D eigenvalue weighted by Gasteiger charge is -2.10. The van der Waals surface area contributed by atoms with Crippen LogP contribution in [0.25, 0.3) is 0 Å². The molecule has 0 aliphatic heterocycles. The Hall–Kier alpha value is -1.65. The highest BCUT2D eigenvalue weighted by Gasteiger charge is 2.10. The van der Waals surface area contributed by atoms with E-state index >= 15 is 0 Å². The van der Waals surface area contributed by atoms with Crippen molar-refractivity contribution >= 4 is 35.0 Å². The minimum atomic E-state index is -0.259. The van der Waals surface area contributed by atoms with E-state index in [1.807, 2.05) is 42.7 Å². The van der Waals surface area contributed by atoms with Gasteiger partial charge in [-0.25, -0.2) is 0 Å². The maximum Gasteiger partial charge on any atom is 0.271 e. The lowest BCUT2D eigenvalue weighted by Crippen LogP contribution is -2.29. The molecule has 0 spiro atoms. The van der Waals surface area contributed by atoms with Gasteiger partial charge in [-0.2, -0.15) is 0 Å². The van der Waals surface area contributed by atoms with Crippen molar-refractivity contribution in [2.45, 2.75) is 4.90 Å². The molecule has 2 rings (SSSR count). The van der Waals surface area contributed by atoms with Gasteiger partial charge in [0.25, 0.3) is 5.91 Å². The summed E-state index contributed by atoms with van der Waals surface area (Å²) in [6.07, 6.45) is 1.95. The summed E-state index contributed by atoms with van der Waals surface area (Å²) in [6, 6.07) is 14.8. The Bertz CT molecular complexity index is 575. The summed E-state index contributed by atoms with van der Waals surface area (Å²) in [5.74, 6) is -0.259. The minimum Gasteiger partial charge on any atom is -0.298 e. The lowest BCUT2D eigenvalue weighted by molar-refractivity contribution is 0.0962. The van der Waals surface area contributed by atoms with Gasteiger partial charge in [0.2, 0.25) is 0 Å². The Kier molecular flexibility index (Phi) is 4.71. The number of hydrogen-bond acceptors (Lipinski definition) is 3. The molecule has 0 saturated heterocycles. The van der Waals surface area contributed by atoms with Gasteiger partial charge in [0.05, 0.1) is 16.3 Å². The molecule has 0 aliphatic rings. The Morgan fingerprint density at radius 3 is 2.58 bits per heavy atom. The Morgan fingerprint density at radius 1 is 1.16 bits per heavy atom. The third-order valence-corrected chi connectivity index (χ3v) is 3.57. The second kappa shape index (κ2) is 6.50. The summed E-state index contributed by atoms with van der Waals surface area (Å²) in [7, 11) is 0. The zero-order valence-corrected chi connectivity index (χ0v) is 11.9. The first-order chi connectivity index (χ1) is 9.20. The first kappa shape index (κ1) is 13.8. The smallest absolute Gasteiger partial charge is 0.271 e. The van der Waals surface area contributed by atoms with E-state index in [0.717, 1.165) is 10.6 Å². The average molecular weight is 293 g/mol. The number of hydrogen-bond donors (Lipinski definition) is 2. The molecule has 0 radical (unpaired) electrons. The number of halogens is 1. The lowest BCUT2D eigenvalue weighted by atomic mass is 10.2. The Labute approximate surface area is 121 Å². The normalized spacial score (nSPS) is 10.0. The zero-order chi connectivity index (χ0) is 13.7. The molecule has 98 valence electrons. The number of nitrogens with one attached hydrogen (secondary N) is 2. The highest BCUT2D eigenvalue weighted by atomic mass is 35.5. The van der Waals surface area contributed by atoms with Crippen LogP contribution in [0.2, 0.25) is 5.02 Å². The van der Waals surface area contributed by atoms with Crippen LogP contribution < -0.4 is 10.9 Å². The number of thioether (sulfide) groups is 1. The van der Waals surface area contributed by atoms with E-state index in [0.29, 0.717) is 10.6 Å². The van der Waals surface area contributed by atoms with Crippen molar-refractivity contribution in [3.05, 3.63) is 59.1 Å². The number of rotatable bonds is 4. The first-order valence-corrected chi connectivity index (χ1v) is 7.26. The number of amides is 1. The standard InChI is InChI=1S/C14H13ClN2OS/c1-19-11-7-8-13(15)12(9-11)14(18)17-16-10-5-3-2-4-6-10/h2-9,16H,1H3,(H,17,18). The van der Waals surface area contributed by atoms with E-state index in [2.05, 4.69) is 10.9 Å². The summed E-state index contributed by atoms with van der Waals surface area (Å²) in [6.45, 7) is 0. The third kappa shape index (κ3) is 3.66. The fourth-order valence-corrected chi connectivity index (χ4v) is 2.17. The molecule has 1 amide bonds. The van der Waals surface area contributed by atoms with Crippen molar-refractivity contribution < 1.29 is 4.79 Å². The molecule has 0 unspecified atom stereocenters. The average Bonchev–Trinajstić information content (AvgIpc) is 2.46. The van der Waals surface area contributed by atoms with E-state index in [4.69, 9.17) is 11.6 Å². The number of anilines is 1. The maximum absolute atomic E-state index is 12.0. The van der Waals surface area contributed by atoms with Gasteiger partial charge >= 0.3 is 0 Å². The third-order valence-electron chi connectivity index (χ3n) is 2.51. The molecule has 0 fully saturated rings. The predicted octanol–water partition coefficient (Wildman–Crippen LogP) is 3.82. The van der Waals surface area contributed by atoms with Crippen LogP contribution in [0, 0.1) is 0 Å². The maximum atomic E-state index is 12.0. The number of carbonyl (C=O) groups is 1. The van der Waals surface area contributed by atoms with Gasteiger partial charge in [0, 0.05) is 4.90 Å². The molecule has 2 aromatic rings. The van der Waals surface area contributed by atoms with E-state index in [1.54, 1.807) is 23.9 Å². The van der Waals surface area contributed by atoms with Gasteiger partial charge in [-0.15, -0.1) is 11.8 Å². The largest absolute Gasteiger partial charge is 0.298 e. The number of benzene rings is 2. The number of carbonyl (C=O) groups excluding carboxylic acids is 1. The summed E-state index contributed by atoms with van der Waals surface area (Å²) < 4.78 is 0. The van der Waals surface area contributed by atoms with Crippen molar-refractivity contribution in [3.63, 3.8) is 0 Å². The molecule has 19 heavy (non-hydrogen) atoms. The molecular weight excluding hydrogens is 280 g/mol. The Balaban J connectivity index is 2.08. The van der Waals surface area contributed by atoms with Crippen LogP contribution >= 0.6 is 23.4 Å². The van der Waals surface area contributed by atoms with Crippen molar-refractivity contribution in [1.82, 2.24) is 5.43 Å². The molecule has 0 bridgehead atoms. The molecule has 0 saturated carbocycles. The molecule has 0 aromatic heterocycles. The molecule has 2 aromatic carbocycles. The summed E-state index contributed by atoms with van der Waals surface area (Å²) in [5, 5.41) is 0.435. The molecule has 5 heteroatoms. The van der Waals surface area contributed by atoms with Crippen LogP contribution in [0.3, 0.4) is 0 Å². The second-order valence-corrected chi connectivity index (χ2v) is 5.08. The van der Waals surface area contributed by atoms with Crippen LogP contribution in [0.5, 0.6) is 0 Å². The predicted molar refractivity (Wildman–Crippen MR) is 80.8 cm³/mol. The minimum absolute atomic E-state index is 0.259. The van der Waals surface area contributed by atoms with Crippen molar-refractivity contribution in [2.75, 3.05) is 11.7 Å². The first-order valence-electron chi connectivity index (χ1n) is 5.65. The van der Waals surface area contributed by atoms with E-state index in [9.17, 15) is 4.79 Å². The van der Waals surface area contributed by atoms with Crippen LogP contribution in [0.15, 0.2) is 53.4 Å². The SMILES string of the molecule is CSc1ccc(Cl)c(C(=O)NNc2ccccc2)c1. The topological polar surface area (TPSA) is 41.1 Å². The molecule has 0 atom stereocenters. The van der Waals surface area contributed by atoms with Crippen molar-refractivity contribution in [2.24, 2.45) is 0 Å². The highest BCUT2D eigenvalue weighted by Crippen LogP contribution is 2.22. The summed E-state index contributed by atoms with van der Waals surface area (Å²) in [5.41, 5.74) is 6.74. The fraction of sp³-hybridized carbons (Fsp3) is 0.0714. The molecule has 0 aliphatic carbocycles. The van der Waals surface area contributed by atoms with Crippen LogP contribution in [-0.4, -0.2) is 12.2 Å². The monoisotopic (exact) mass is 292 g/mol. The quantitative estimate of drug-likeness (QED) is 0.665. The van der Waals surface area contributed by atoms with E-state index in [1.165, 1.54) is 0 Å². The number of para-hydroxylation sites is 1. The van der Waals surface area contributed by atoms with Gasteiger partial charge in [-0.05, 0) is 36.6 Å². The van der Waals surface area contributed by atoms with Gasteiger partial charge in [0.1, 0.15) is 0 Å². The molecule has 2 N–H and O–H groups in total. The molecular formula is C14H13ClN2OS. The zero-order valence-electron chi connectivity index (χ0n) is 10.3. The highest BCUT2D eigenvalue weighted by molar-refractivity contribution is 7.98.